The maximum Gasteiger partial charge on any atom is 0.262 e. The fourth-order valence-electron chi connectivity index (χ4n) is 3.15. The molecule has 0 spiro atoms. The molecule has 1 atom stereocenters. The van der Waals surface area contributed by atoms with Crippen molar-refractivity contribution in [3.63, 3.8) is 0 Å². The van der Waals surface area contributed by atoms with Gasteiger partial charge >= 0.3 is 0 Å². The van der Waals surface area contributed by atoms with Crippen LogP contribution >= 0.6 is 0 Å². The van der Waals surface area contributed by atoms with Crippen molar-refractivity contribution in [3.05, 3.63) is 76.9 Å². The molecule has 1 aliphatic carbocycles. The first kappa shape index (κ1) is 12.1. The lowest BCUT2D eigenvalue weighted by atomic mass is 9.92. The SMILES string of the molecule is O=C1c2ccccc2C(=O)N1C1CC=Cc2ccccc21. The summed E-state index contributed by atoms with van der Waals surface area (Å²) in [5.74, 6) is -0.378. The first-order valence-corrected chi connectivity index (χ1v) is 7.00. The number of rotatable bonds is 1. The van der Waals surface area contributed by atoms with E-state index in [0.29, 0.717) is 17.5 Å². The second-order valence-electron chi connectivity index (χ2n) is 5.31. The molecule has 2 aromatic carbocycles. The molecule has 0 radical (unpaired) electrons. The Morgan fingerprint density at radius 1 is 0.857 bits per heavy atom. The number of hydrogen-bond acceptors (Lipinski definition) is 2. The van der Waals surface area contributed by atoms with Gasteiger partial charge in [0.2, 0.25) is 0 Å². The number of amides is 2. The molecule has 4 rings (SSSR count). The average Bonchev–Trinajstić information content (AvgIpc) is 2.79. The number of benzene rings is 2. The second kappa shape index (κ2) is 4.42. The number of hydrogen-bond donors (Lipinski definition) is 0. The molecule has 1 aliphatic heterocycles. The molecule has 3 heteroatoms. The van der Waals surface area contributed by atoms with Crippen molar-refractivity contribution in [2.24, 2.45) is 0 Å². The van der Waals surface area contributed by atoms with Gasteiger partial charge in [0.05, 0.1) is 17.2 Å². The van der Waals surface area contributed by atoms with Crippen LogP contribution in [0.1, 0.15) is 44.3 Å². The van der Waals surface area contributed by atoms with Crippen LogP contribution in [0.25, 0.3) is 6.08 Å². The van der Waals surface area contributed by atoms with Gasteiger partial charge in [-0.25, -0.2) is 0 Å². The van der Waals surface area contributed by atoms with Crippen molar-refractivity contribution in [2.75, 3.05) is 0 Å². The zero-order valence-corrected chi connectivity index (χ0v) is 11.3. The minimum Gasteiger partial charge on any atom is -0.269 e. The summed E-state index contributed by atoms with van der Waals surface area (Å²) in [7, 11) is 0. The van der Waals surface area contributed by atoms with Crippen molar-refractivity contribution in [2.45, 2.75) is 12.5 Å². The van der Waals surface area contributed by atoms with Crippen LogP contribution < -0.4 is 0 Å². The lowest BCUT2D eigenvalue weighted by Crippen LogP contribution is -2.34. The summed E-state index contributed by atoms with van der Waals surface area (Å²) in [6, 6.07) is 14.7. The molecule has 2 aliphatic rings. The first-order valence-electron chi connectivity index (χ1n) is 7.00. The molecule has 2 amide bonds. The third kappa shape index (κ3) is 1.67. The van der Waals surface area contributed by atoms with E-state index in [1.807, 2.05) is 36.4 Å². The Kier molecular flexibility index (Phi) is 2.54. The van der Waals surface area contributed by atoms with E-state index in [1.165, 1.54) is 4.90 Å². The van der Waals surface area contributed by atoms with Crippen molar-refractivity contribution < 1.29 is 9.59 Å². The lowest BCUT2D eigenvalue weighted by molar-refractivity contribution is 0.0582. The molecule has 0 N–H and O–H groups in total. The van der Waals surface area contributed by atoms with Crippen LogP contribution in [0.15, 0.2) is 54.6 Å². The largest absolute Gasteiger partial charge is 0.269 e. The molecular weight excluding hydrogens is 262 g/mol. The Morgan fingerprint density at radius 3 is 2.19 bits per heavy atom. The van der Waals surface area contributed by atoms with E-state index in [9.17, 15) is 9.59 Å². The van der Waals surface area contributed by atoms with Crippen molar-refractivity contribution in [1.82, 2.24) is 4.90 Å². The monoisotopic (exact) mass is 275 g/mol. The van der Waals surface area contributed by atoms with E-state index in [4.69, 9.17) is 0 Å². The van der Waals surface area contributed by atoms with Crippen LogP contribution in [0, 0.1) is 0 Å². The number of fused-ring (bicyclic) bond motifs is 2. The summed E-state index contributed by atoms with van der Waals surface area (Å²) in [4.78, 5) is 26.6. The van der Waals surface area contributed by atoms with Gasteiger partial charge in [0, 0.05) is 0 Å². The Balaban J connectivity index is 1.81. The van der Waals surface area contributed by atoms with Gasteiger partial charge < -0.3 is 0 Å². The highest BCUT2D eigenvalue weighted by Crippen LogP contribution is 2.37. The minimum atomic E-state index is -0.210. The highest BCUT2D eigenvalue weighted by atomic mass is 16.2. The van der Waals surface area contributed by atoms with Crippen LogP contribution in [0.3, 0.4) is 0 Å². The molecule has 102 valence electrons. The molecule has 0 aromatic heterocycles. The fourth-order valence-corrected chi connectivity index (χ4v) is 3.15. The Bertz CT molecular complexity index is 756. The summed E-state index contributed by atoms with van der Waals surface area (Å²) < 4.78 is 0. The Morgan fingerprint density at radius 2 is 1.48 bits per heavy atom. The highest BCUT2D eigenvalue weighted by molar-refractivity contribution is 6.21. The van der Waals surface area contributed by atoms with Crippen LogP contribution in [0.2, 0.25) is 0 Å². The molecule has 1 unspecified atom stereocenters. The van der Waals surface area contributed by atoms with Crippen LogP contribution in [-0.4, -0.2) is 16.7 Å². The summed E-state index contributed by atoms with van der Waals surface area (Å²) in [6.45, 7) is 0. The quantitative estimate of drug-likeness (QED) is 0.748. The predicted molar refractivity (Wildman–Crippen MR) is 79.8 cm³/mol. The smallest absolute Gasteiger partial charge is 0.262 e. The third-order valence-electron chi connectivity index (χ3n) is 4.15. The summed E-state index contributed by atoms with van der Waals surface area (Å²) in [6.07, 6.45) is 4.74. The van der Waals surface area contributed by atoms with Crippen LogP contribution in [0.4, 0.5) is 0 Å². The lowest BCUT2D eigenvalue weighted by Gasteiger charge is -2.29. The van der Waals surface area contributed by atoms with Crippen LogP contribution in [-0.2, 0) is 0 Å². The summed E-state index contributed by atoms with van der Waals surface area (Å²) in [5.41, 5.74) is 3.13. The number of carbonyl (C=O) groups is 2. The number of imide groups is 1. The first-order chi connectivity index (χ1) is 10.3. The van der Waals surface area contributed by atoms with Gasteiger partial charge in [-0.2, -0.15) is 0 Å². The van der Waals surface area contributed by atoms with Gasteiger partial charge in [0.15, 0.2) is 0 Å². The predicted octanol–water partition coefficient (Wildman–Crippen LogP) is 3.44. The zero-order valence-electron chi connectivity index (χ0n) is 11.3. The summed E-state index contributed by atoms with van der Waals surface area (Å²) in [5, 5.41) is 0. The van der Waals surface area contributed by atoms with Crippen LogP contribution in [0.5, 0.6) is 0 Å². The maximum absolute atomic E-state index is 12.6. The molecule has 3 nitrogen and oxygen atoms in total. The van der Waals surface area contributed by atoms with Gasteiger partial charge in [0.25, 0.3) is 11.8 Å². The molecule has 1 heterocycles. The number of nitrogens with zero attached hydrogens (tertiary/aromatic N) is 1. The molecule has 0 bridgehead atoms. The highest BCUT2D eigenvalue weighted by Gasteiger charge is 2.40. The minimum absolute atomic E-state index is 0.189. The fraction of sp³-hybridized carbons (Fsp3) is 0.111. The van der Waals surface area contributed by atoms with E-state index in [1.54, 1.807) is 24.3 Å². The molecule has 0 saturated heterocycles. The van der Waals surface area contributed by atoms with E-state index >= 15 is 0 Å². The van der Waals surface area contributed by atoms with Gasteiger partial charge in [-0.05, 0) is 29.7 Å². The summed E-state index contributed by atoms with van der Waals surface area (Å²) >= 11 is 0. The van der Waals surface area contributed by atoms with Crippen molar-refractivity contribution in [1.29, 1.82) is 0 Å². The maximum atomic E-state index is 12.6. The van der Waals surface area contributed by atoms with Gasteiger partial charge in [-0.15, -0.1) is 0 Å². The van der Waals surface area contributed by atoms with Crippen molar-refractivity contribution >= 4 is 17.9 Å². The van der Waals surface area contributed by atoms with Gasteiger partial charge in [-0.1, -0.05) is 48.6 Å². The molecule has 21 heavy (non-hydrogen) atoms. The van der Waals surface area contributed by atoms with E-state index < -0.39 is 0 Å². The average molecular weight is 275 g/mol. The third-order valence-corrected chi connectivity index (χ3v) is 4.15. The topological polar surface area (TPSA) is 37.4 Å². The van der Waals surface area contributed by atoms with E-state index in [2.05, 4.69) is 0 Å². The zero-order chi connectivity index (χ0) is 14.4. The van der Waals surface area contributed by atoms with E-state index in [-0.39, 0.29) is 17.9 Å². The Hall–Kier alpha value is -2.68. The Labute approximate surface area is 122 Å². The molecule has 2 aromatic rings. The van der Waals surface area contributed by atoms with E-state index in [0.717, 1.165) is 11.1 Å². The molecule has 0 saturated carbocycles. The second-order valence-corrected chi connectivity index (χ2v) is 5.31. The molecular formula is C18H13NO2. The standard InChI is InChI=1S/C18H13NO2/c20-17-14-9-3-4-10-15(14)18(21)19(17)16-11-5-7-12-6-1-2-8-13(12)16/h1-10,16H,11H2. The number of carbonyl (C=O) groups excluding carboxylic acids is 2. The van der Waals surface area contributed by atoms with Crippen molar-refractivity contribution in [3.8, 4) is 0 Å². The van der Waals surface area contributed by atoms with Gasteiger partial charge in [0.1, 0.15) is 0 Å². The molecule has 0 fully saturated rings. The van der Waals surface area contributed by atoms with Gasteiger partial charge in [-0.3, -0.25) is 14.5 Å². The normalized spacial score (nSPS) is 19.6.